The molecule has 0 radical (unpaired) electrons. The minimum atomic E-state index is -3.67. The average molecular weight is 417 g/mol. The van der Waals surface area contributed by atoms with Crippen LogP contribution < -0.4 is 5.32 Å². The van der Waals surface area contributed by atoms with E-state index in [1.807, 2.05) is 25.1 Å². The van der Waals surface area contributed by atoms with E-state index in [0.717, 1.165) is 16.5 Å². The first-order chi connectivity index (χ1) is 13.7. The molecule has 0 aliphatic heterocycles. The van der Waals surface area contributed by atoms with Crippen molar-refractivity contribution in [2.24, 2.45) is 5.92 Å². The maximum atomic E-state index is 13.2. The summed E-state index contributed by atoms with van der Waals surface area (Å²) in [6.45, 7) is 2.67. The fraction of sp³-hybridized carbons (Fsp3) is 0.429. The number of benzene rings is 1. The van der Waals surface area contributed by atoms with Crippen molar-refractivity contribution in [1.82, 2.24) is 14.2 Å². The number of amides is 1. The van der Waals surface area contributed by atoms with Gasteiger partial charge in [0.25, 0.3) is 5.91 Å². The molecule has 0 bridgehead atoms. The van der Waals surface area contributed by atoms with Crippen molar-refractivity contribution < 1.29 is 13.2 Å². The van der Waals surface area contributed by atoms with Gasteiger partial charge in [0.05, 0.1) is 16.6 Å². The van der Waals surface area contributed by atoms with Crippen molar-refractivity contribution in [1.29, 1.82) is 0 Å². The Balaban J connectivity index is 1.93. The molecule has 1 aliphatic carbocycles. The molecule has 7 nitrogen and oxygen atoms in total. The molecule has 156 valence electrons. The van der Waals surface area contributed by atoms with E-state index in [1.54, 1.807) is 30.3 Å². The van der Waals surface area contributed by atoms with Gasteiger partial charge in [-0.15, -0.1) is 0 Å². The number of hydrogen-bond acceptors (Lipinski definition) is 5. The summed E-state index contributed by atoms with van der Waals surface area (Å²) in [4.78, 5) is 19.2. The molecule has 1 atom stereocenters. The van der Waals surface area contributed by atoms with E-state index in [-0.39, 0.29) is 16.8 Å². The van der Waals surface area contributed by atoms with Crippen LogP contribution in [0.4, 0.5) is 5.69 Å². The molecule has 8 heteroatoms. The van der Waals surface area contributed by atoms with Gasteiger partial charge in [-0.1, -0.05) is 6.07 Å². The highest BCUT2D eigenvalue weighted by Crippen LogP contribution is 2.30. The fourth-order valence-corrected chi connectivity index (χ4v) is 3.94. The number of nitrogens with zero attached hydrogens (tertiary/aromatic N) is 3. The van der Waals surface area contributed by atoms with Gasteiger partial charge >= 0.3 is 0 Å². The lowest BCUT2D eigenvalue weighted by atomic mass is 10.1. The summed E-state index contributed by atoms with van der Waals surface area (Å²) in [5.41, 5.74) is 1.74. The van der Waals surface area contributed by atoms with Gasteiger partial charge in [0.2, 0.25) is 10.0 Å². The van der Waals surface area contributed by atoms with E-state index in [2.05, 4.69) is 10.3 Å². The minimum absolute atomic E-state index is 0.102. The van der Waals surface area contributed by atoms with Crippen LogP contribution in [-0.4, -0.2) is 56.2 Å². The van der Waals surface area contributed by atoms with Crippen LogP contribution >= 0.6 is 0 Å². The standard InChI is InChI=1S/C21H28N4O3S/c1-15(20-7-5-6-10-22-20)25(4)21(26)17-11-18(23-14-16-8-9-16)13-19(12-17)29(27,28)24(2)3/h5-7,10-13,15-16,23H,8-9,14H2,1-4H3. The molecule has 1 amide bonds. The van der Waals surface area contributed by atoms with Crippen LogP contribution in [0.2, 0.25) is 0 Å². The van der Waals surface area contributed by atoms with Crippen LogP contribution in [-0.2, 0) is 10.0 Å². The molecule has 1 aromatic heterocycles. The first-order valence-electron chi connectivity index (χ1n) is 9.69. The number of hydrogen-bond donors (Lipinski definition) is 1. The van der Waals surface area contributed by atoms with Crippen LogP contribution in [0.25, 0.3) is 0 Å². The number of nitrogens with one attached hydrogen (secondary N) is 1. The summed E-state index contributed by atoms with van der Waals surface area (Å²) in [5, 5.41) is 3.29. The third-order valence-electron chi connectivity index (χ3n) is 5.24. The smallest absolute Gasteiger partial charge is 0.254 e. The third kappa shape index (κ3) is 4.94. The number of carbonyl (C=O) groups is 1. The highest BCUT2D eigenvalue weighted by Gasteiger charge is 2.25. The molecule has 1 saturated carbocycles. The quantitative estimate of drug-likeness (QED) is 0.715. The van der Waals surface area contributed by atoms with Crippen molar-refractivity contribution in [3.63, 3.8) is 0 Å². The summed E-state index contributed by atoms with van der Waals surface area (Å²) in [5.74, 6) is 0.364. The van der Waals surface area contributed by atoms with E-state index in [9.17, 15) is 13.2 Å². The lowest BCUT2D eigenvalue weighted by molar-refractivity contribution is 0.0739. The van der Waals surface area contributed by atoms with E-state index >= 15 is 0 Å². The molecule has 1 fully saturated rings. The van der Waals surface area contributed by atoms with Crippen molar-refractivity contribution in [3.05, 3.63) is 53.9 Å². The Morgan fingerprint density at radius 3 is 2.52 bits per heavy atom. The van der Waals surface area contributed by atoms with Crippen LogP contribution in [0.15, 0.2) is 47.5 Å². The van der Waals surface area contributed by atoms with E-state index in [1.165, 1.54) is 33.0 Å². The van der Waals surface area contributed by atoms with E-state index in [0.29, 0.717) is 17.2 Å². The van der Waals surface area contributed by atoms with Gasteiger partial charge in [-0.05, 0) is 56.0 Å². The van der Waals surface area contributed by atoms with Gasteiger partial charge in [0.1, 0.15) is 0 Å². The number of rotatable bonds is 8. The Hall–Kier alpha value is -2.45. The van der Waals surface area contributed by atoms with Gasteiger partial charge in [-0.2, -0.15) is 0 Å². The second-order valence-corrected chi connectivity index (χ2v) is 9.86. The van der Waals surface area contributed by atoms with Crippen LogP contribution in [0, 0.1) is 5.92 Å². The number of pyridine rings is 1. The normalized spacial score (nSPS) is 15.2. The summed E-state index contributed by atoms with van der Waals surface area (Å²) >= 11 is 0. The summed E-state index contributed by atoms with van der Waals surface area (Å²) < 4.78 is 26.6. The van der Waals surface area contributed by atoms with Crippen molar-refractivity contribution >= 4 is 21.6 Å². The van der Waals surface area contributed by atoms with Gasteiger partial charge in [0, 0.05) is 45.1 Å². The zero-order valence-electron chi connectivity index (χ0n) is 17.3. The van der Waals surface area contributed by atoms with Gasteiger partial charge in [-0.25, -0.2) is 12.7 Å². The summed E-state index contributed by atoms with van der Waals surface area (Å²) in [6, 6.07) is 10.1. The monoisotopic (exact) mass is 416 g/mol. The molecule has 29 heavy (non-hydrogen) atoms. The SMILES string of the molecule is CC(c1ccccn1)N(C)C(=O)c1cc(NCC2CC2)cc(S(=O)(=O)N(C)C)c1. The van der Waals surface area contributed by atoms with Crippen LogP contribution in [0.1, 0.15) is 41.9 Å². The van der Waals surface area contributed by atoms with Gasteiger partial charge in [0.15, 0.2) is 0 Å². The van der Waals surface area contributed by atoms with Crippen LogP contribution in [0.5, 0.6) is 0 Å². The number of aromatic nitrogens is 1. The largest absolute Gasteiger partial charge is 0.385 e. The van der Waals surface area contributed by atoms with Crippen molar-refractivity contribution in [3.8, 4) is 0 Å². The fourth-order valence-electron chi connectivity index (χ4n) is 2.97. The Bertz CT molecular complexity index is 973. The summed E-state index contributed by atoms with van der Waals surface area (Å²) in [7, 11) is 0.999. The predicted molar refractivity (Wildman–Crippen MR) is 113 cm³/mol. The molecule has 1 heterocycles. The molecule has 0 spiro atoms. The molecule has 2 aromatic rings. The molecule has 1 unspecified atom stereocenters. The highest BCUT2D eigenvalue weighted by molar-refractivity contribution is 7.89. The molecular weight excluding hydrogens is 388 g/mol. The van der Waals surface area contributed by atoms with E-state index < -0.39 is 10.0 Å². The highest BCUT2D eigenvalue weighted by atomic mass is 32.2. The minimum Gasteiger partial charge on any atom is -0.385 e. The Kier molecular flexibility index (Phi) is 6.24. The van der Waals surface area contributed by atoms with Gasteiger partial charge < -0.3 is 10.2 Å². The van der Waals surface area contributed by atoms with E-state index in [4.69, 9.17) is 0 Å². The molecule has 0 saturated heterocycles. The maximum absolute atomic E-state index is 13.2. The molecule has 1 N–H and O–H groups in total. The zero-order chi connectivity index (χ0) is 21.2. The van der Waals surface area contributed by atoms with Crippen molar-refractivity contribution in [2.75, 3.05) is 33.0 Å². The molecule has 1 aliphatic rings. The first kappa shape index (κ1) is 21.3. The number of anilines is 1. The molecule has 3 rings (SSSR count). The second-order valence-electron chi connectivity index (χ2n) is 7.70. The number of carbonyl (C=O) groups excluding carboxylic acids is 1. The maximum Gasteiger partial charge on any atom is 0.254 e. The Morgan fingerprint density at radius 2 is 1.93 bits per heavy atom. The Morgan fingerprint density at radius 1 is 1.21 bits per heavy atom. The summed E-state index contributed by atoms with van der Waals surface area (Å²) in [6.07, 6.45) is 4.05. The number of sulfonamides is 1. The first-order valence-corrected chi connectivity index (χ1v) is 11.1. The third-order valence-corrected chi connectivity index (χ3v) is 7.03. The molecular formula is C21H28N4O3S. The zero-order valence-corrected chi connectivity index (χ0v) is 18.1. The molecule has 1 aromatic carbocycles. The average Bonchev–Trinajstić information content (AvgIpc) is 3.55. The van der Waals surface area contributed by atoms with Crippen LogP contribution in [0.3, 0.4) is 0 Å². The van der Waals surface area contributed by atoms with Gasteiger partial charge in [-0.3, -0.25) is 9.78 Å². The van der Waals surface area contributed by atoms with Crippen molar-refractivity contribution in [2.45, 2.75) is 30.7 Å². The topological polar surface area (TPSA) is 82.6 Å². The predicted octanol–water partition coefficient (Wildman–Crippen LogP) is 2.99. The lowest BCUT2D eigenvalue weighted by Gasteiger charge is -2.25. The Labute approximate surface area is 172 Å². The second kappa shape index (κ2) is 8.51. The lowest BCUT2D eigenvalue weighted by Crippen LogP contribution is -2.30.